The van der Waals surface area contributed by atoms with E-state index in [9.17, 15) is 4.21 Å². The van der Waals surface area contributed by atoms with E-state index in [2.05, 4.69) is 22.5 Å². The third kappa shape index (κ3) is 9.29. The second-order valence-electron chi connectivity index (χ2n) is 6.14. The zero-order chi connectivity index (χ0) is 17.9. The van der Waals surface area contributed by atoms with Gasteiger partial charge in [0, 0.05) is 48.5 Å². The third-order valence-corrected chi connectivity index (χ3v) is 5.18. The molecule has 2 rings (SSSR count). The first-order valence-electron chi connectivity index (χ1n) is 8.73. The first-order chi connectivity index (χ1) is 12.2. The van der Waals surface area contributed by atoms with E-state index in [0.717, 1.165) is 18.6 Å². The summed E-state index contributed by atoms with van der Waals surface area (Å²) in [6, 6.07) is 10.1. The molecule has 1 aromatic carbocycles. The molecule has 0 radical (unpaired) electrons. The molecule has 1 aromatic rings. The molecule has 2 N–H and O–H groups in total. The fraction of sp³-hybridized carbons (Fsp3) is 0.611. The maximum Gasteiger partial charge on any atom is 0.191 e. The largest absolute Gasteiger partial charge is 0.379 e. The molecule has 148 valence electrons. The number of hydrogen-bond donors (Lipinski definition) is 2. The molecular formula is C18H30IN3O3S. The van der Waals surface area contributed by atoms with Gasteiger partial charge in [-0.05, 0) is 18.9 Å². The highest BCUT2D eigenvalue weighted by Gasteiger charge is 2.17. The van der Waals surface area contributed by atoms with Gasteiger partial charge in [-0.25, -0.2) is 0 Å². The second kappa shape index (κ2) is 13.5. The van der Waals surface area contributed by atoms with Crippen LogP contribution in [0.2, 0.25) is 0 Å². The molecule has 6 nitrogen and oxygen atoms in total. The van der Waals surface area contributed by atoms with Crippen molar-refractivity contribution < 1.29 is 13.7 Å². The summed E-state index contributed by atoms with van der Waals surface area (Å²) in [6.07, 6.45) is 1.17. The Morgan fingerprint density at radius 3 is 2.85 bits per heavy atom. The van der Waals surface area contributed by atoms with Gasteiger partial charge in [0.1, 0.15) is 0 Å². The summed E-state index contributed by atoms with van der Waals surface area (Å²) in [7, 11) is 0.840. The number of guanidine groups is 1. The van der Waals surface area contributed by atoms with Gasteiger partial charge < -0.3 is 20.1 Å². The lowest BCUT2D eigenvalue weighted by Gasteiger charge is -2.19. The van der Waals surface area contributed by atoms with Crippen LogP contribution in [0.4, 0.5) is 0 Å². The Bertz CT molecular complexity index is 554. The van der Waals surface area contributed by atoms with Crippen LogP contribution in [-0.4, -0.2) is 61.5 Å². The highest BCUT2D eigenvalue weighted by atomic mass is 127. The van der Waals surface area contributed by atoms with Gasteiger partial charge in [0.15, 0.2) is 5.96 Å². The van der Waals surface area contributed by atoms with Crippen molar-refractivity contribution in [3.05, 3.63) is 35.9 Å². The highest BCUT2D eigenvalue weighted by Crippen LogP contribution is 2.08. The zero-order valence-corrected chi connectivity index (χ0v) is 18.6. The van der Waals surface area contributed by atoms with Crippen molar-refractivity contribution in [3.63, 3.8) is 0 Å². The van der Waals surface area contributed by atoms with E-state index in [4.69, 9.17) is 9.47 Å². The van der Waals surface area contributed by atoms with Crippen molar-refractivity contribution in [2.24, 2.45) is 4.99 Å². The Balaban J connectivity index is 0.00000338. The van der Waals surface area contributed by atoms with Gasteiger partial charge in [-0.2, -0.15) is 0 Å². The van der Waals surface area contributed by atoms with E-state index < -0.39 is 10.8 Å². The van der Waals surface area contributed by atoms with Crippen LogP contribution < -0.4 is 10.6 Å². The molecule has 1 heterocycles. The molecule has 1 saturated heterocycles. The smallest absolute Gasteiger partial charge is 0.191 e. The minimum Gasteiger partial charge on any atom is -0.379 e. The van der Waals surface area contributed by atoms with Crippen molar-refractivity contribution in [2.75, 3.05) is 39.2 Å². The van der Waals surface area contributed by atoms with E-state index in [1.54, 1.807) is 7.05 Å². The van der Waals surface area contributed by atoms with Gasteiger partial charge in [-0.15, -0.1) is 24.0 Å². The molecule has 8 heteroatoms. The van der Waals surface area contributed by atoms with Gasteiger partial charge >= 0.3 is 0 Å². The SMILES string of the molecule is CN=C(NCCS(=O)Cc1ccccc1)NC(C)COC1CCOC1.I. The Morgan fingerprint density at radius 2 is 2.19 bits per heavy atom. The van der Waals surface area contributed by atoms with Crippen molar-refractivity contribution in [3.8, 4) is 0 Å². The van der Waals surface area contributed by atoms with E-state index in [1.807, 2.05) is 30.3 Å². The summed E-state index contributed by atoms with van der Waals surface area (Å²) in [5.74, 6) is 1.87. The minimum absolute atomic E-state index is 0. The van der Waals surface area contributed by atoms with Crippen LogP contribution in [-0.2, 0) is 26.0 Å². The lowest BCUT2D eigenvalue weighted by atomic mass is 10.2. The van der Waals surface area contributed by atoms with Crippen LogP contribution in [0.25, 0.3) is 0 Å². The number of rotatable bonds is 9. The molecule has 0 amide bonds. The second-order valence-corrected chi connectivity index (χ2v) is 7.71. The molecule has 3 unspecified atom stereocenters. The Hall–Kier alpha value is -0.710. The average molecular weight is 495 g/mol. The quantitative estimate of drug-likeness (QED) is 0.311. The van der Waals surface area contributed by atoms with Gasteiger partial charge in [0.25, 0.3) is 0 Å². The first-order valence-corrected chi connectivity index (χ1v) is 10.2. The molecular weight excluding hydrogens is 465 g/mol. The predicted octanol–water partition coefficient (Wildman–Crippen LogP) is 1.91. The number of nitrogens with one attached hydrogen (secondary N) is 2. The Morgan fingerprint density at radius 1 is 1.42 bits per heavy atom. The molecule has 0 bridgehead atoms. The molecule has 26 heavy (non-hydrogen) atoms. The third-order valence-electron chi connectivity index (χ3n) is 3.87. The van der Waals surface area contributed by atoms with E-state index >= 15 is 0 Å². The predicted molar refractivity (Wildman–Crippen MR) is 118 cm³/mol. The Kier molecular flexibility index (Phi) is 12.1. The summed E-state index contributed by atoms with van der Waals surface area (Å²) in [6.45, 7) is 4.75. The zero-order valence-electron chi connectivity index (χ0n) is 15.5. The summed E-state index contributed by atoms with van der Waals surface area (Å²) in [5.41, 5.74) is 1.10. The normalized spacial score (nSPS) is 19.5. The van der Waals surface area contributed by atoms with Gasteiger partial charge in [-0.3, -0.25) is 9.20 Å². The summed E-state index contributed by atoms with van der Waals surface area (Å²) >= 11 is 0. The maximum atomic E-state index is 12.1. The van der Waals surface area contributed by atoms with Crippen LogP contribution in [0.5, 0.6) is 0 Å². The summed E-state index contributed by atoms with van der Waals surface area (Å²) in [4.78, 5) is 4.20. The molecule has 0 aliphatic carbocycles. The van der Waals surface area contributed by atoms with Crippen LogP contribution in [0.15, 0.2) is 35.3 Å². The van der Waals surface area contributed by atoms with Crippen molar-refractivity contribution in [1.29, 1.82) is 0 Å². The highest BCUT2D eigenvalue weighted by molar-refractivity contribution is 14.0. The number of halogens is 1. The van der Waals surface area contributed by atoms with Crippen molar-refractivity contribution in [2.45, 2.75) is 31.2 Å². The molecule has 0 aromatic heterocycles. The topological polar surface area (TPSA) is 72.0 Å². The van der Waals surface area contributed by atoms with E-state index in [1.165, 1.54) is 0 Å². The number of aliphatic imine (C=N–C) groups is 1. The van der Waals surface area contributed by atoms with E-state index in [0.29, 0.717) is 37.2 Å². The molecule has 0 spiro atoms. The maximum absolute atomic E-state index is 12.1. The molecule has 1 aliphatic heterocycles. The van der Waals surface area contributed by atoms with Gasteiger partial charge in [0.05, 0.1) is 19.3 Å². The molecule has 0 saturated carbocycles. The monoisotopic (exact) mass is 495 g/mol. The standard InChI is InChI=1S/C18H29N3O3S.HI/c1-15(12-24-17-8-10-23-13-17)21-18(19-2)20-9-11-25(22)14-16-6-4-3-5-7-16;/h3-7,15,17H,8-14H2,1-2H3,(H2,19,20,21);1H. The number of ether oxygens (including phenoxy) is 2. The van der Waals surface area contributed by atoms with Crippen molar-refractivity contribution >= 4 is 40.7 Å². The first kappa shape index (κ1) is 23.3. The summed E-state index contributed by atoms with van der Waals surface area (Å²) in [5, 5.41) is 6.50. The average Bonchev–Trinajstić information content (AvgIpc) is 3.13. The van der Waals surface area contributed by atoms with Gasteiger partial charge in [0.2, 0.25) is 0 Å². The molecule has 3 atom stereocenters. The number of benzene rings is 1. The molecule has 1 fully saturated rings. The van der Waals surface area contributed by atoms with Crippen LogP contribution in [0, 0.1) is 0 Å². The minimum atomic E-state index is -0.891. The van der Waals surface area contributed by atoms with Crippen LogP contribution in [0.1, 0.15) is 18.9 Å². The van der Waals surface area contributed by atoms with E-state index in [-0.39, 0.29) is 36.1 Å². The number of nitrogens with zero attached hydrogens (tertiary/aromatic N) is 1. The molecule has 1 aliphatic rings. The lowest BCUT2D eigenvalue weighted by molar-refractivity contribution is 0.0348. The summed E-state index contributed by atoms with van der Waals surface area (Å²) < 4.78 is 23.2. The van der Waals surface area contributed by atoms with Gasteiger partial charge in [-0.1, -0.05) is 30.3 Å². The Labute approximate surface area is 176 Å². The van der Waals surface area contributed by atoms with Crippen LogP contribution in [0.3, 0.4) is 0 Å². The van der Waals surface area contributed by atoms with Crippen molar-refractivity contribution in [1.82, 2.24) is 10.6 Å². The fourth-order valence-corrected chi connectivity index (χ4v) is 3.55. The lowest BCUT2D eigenvalue weighted by Crippen LogP contribution is -2.45. The number of hydrogen-bond acceptors (Lipinski definition) is 4. The fourth-order valence-electron chi connectivity index (χ4n) is 2.51. The van der Waals surface area contributed by atoms with Crippen LogP contribution >= 0.6 is 24.0 Å².